The SMILES string of the molecule is CC1(C)CC(N2CCN(C3CC(C)(C)N(Cc4ccccc4)C(C)(C)C3)P2(C)=O)CC(C)(C)N1Cc1ccccc1. The van der Waals surface area contributed by atoms with Gasteiger partial charge in [0.1, 0.15) is 0 Å². The Hall–Kier alpha value is -1.49. The van der Waals surface area contributed by atoms with Crippen LogP contribution in [0.25, 0.3) is 0 Å². The molecular weight excluding hydrogens is 523 g/mol. The number of nitrogens with zero attached hydrogens (tertiary/aromatic N) is 4. The molecule has 0 saturated carbocycles. The first-order valence-electron chi connectivity index (χ1n) is 15.8. The molecule has 5 rings (SSSR count). The summed E-state index contributed by atoms with van der Waals surface area (Å²) >= 11 is 0. The predicted octanol–water partition coefficient (Wildman–Crippen LogP) is 7.87. The second-order valence-corrected chi connectivity index (χ2v) is 18.4. The molecule has 0 bridgehead atoms. The highest BCUT2D eigenvalue weighted by molar-refractivity contribution is 7.58. The molecule has 0 aromatic heterocycles. The van der Waals surface area contributed by atoms with E-state index in [0.29, 0.717) is 12.1 Å². The molecule has 41 heavy (non-hydrogen) atoms. The minimum atomic E-state index is -2.67. The quantitative estimate of drug-likeness (QED) is 0.326. The van der Waals surface area contributed by atoms with Gasteiger partial charge in [0.15, 0.2) is 0 Å². The molecule has 2 aromatic carbocycles. The van der Waals surface area contributed by atoms with Gasteiger partial charge in [-0.2, -0.15) is 0 Å². The molecule has 6 heteroatoms. The molecule has 0 spiro atoms. The average molecular weight is 579 g/mol. The minimum Gasteiger partial charge on any atom is -0.289 e. The van der Waals surface area contributed by atoms with Crippen molar-refractivity contribution in [3.8, 4) is 0 Å². The van der Waals surface area contributed by atoms with Crippen LogP contribution in [0.3, 0.4) is 0 Å². The number of piperidine rings is 2. The number of rotatable bonds is 6. The lowest BCUT2D eigenvalue weighted by molar-refractivity contribution is -0.0589. The fraction of sp³-hybridized carbons (Fsp3) is 0.657. The molecule has 0 unspecified atom stereocenters. The zero-order valence-electron chi connectivity index (χ0n) is 27.2. The zero-order chi connectivity index (χ0) is 29.8. The number of hydrogen-bond acceptors (Lipinski definition) is 3. The van der Waals surface area contributed by atoms with Gasteiger partial charge in [-0.15, -0.1) is 0 Å². The van der Waals surface area contributed by atoms with Crippen molar-refractivity contribution < 1.29 is 4.57 Å². The molecule has 0 radical (unpaired) electrons. The third-order valence-corrected chi connectivity index (χ3v) is 13.5. The molecule has 3 aliphatic heterocycles. The number of likely N-dealkylation sites (tertiary alicyclic amines) is 2. The molecule has 3 fully saturated rings. The van der Waals surface area contributed by atoms with Crippen LogP contribution in [-0.4, -0.2) is 73.1 Å². The summed E-state index contributed by atoms with van der Waals surface area (Å²) in [7, 11) is -2.67. The van der Waals surface area contributed by atoms with Crippen molar-refractivity contribution in [2.24, 2.45) is 0 Å². The maximum atomic E-state index is 14.9. The topological polar surface area (TPSA) is 30.0 Å². The Morgan fingerprint density at radius 2 is 0.878 bits per heavy atom. The lowest BCUT2D eigenvalue weighted by Gasteiger charge is -2.58. The van der Waals surface area contributed by atoms with Crippen LogP contribution in [0.4, 0.5) is 0 Å². The predicted molar refractivity (Wildman–Crippen MR) is 173 cm³/mol. The first-order valence-corrected chi connectivity index (χ1v) is 17.8. The van der Waals surface area contributed by atoms with E-state index in [1.54, 1.807) is 0 Å². The van der Waals surface area contributed by atoms with Crippen molar-refractivity contribution in [2.45, 2.75) is 128 Å². The molecule has 0 atom stereocenters. The third-order valence-electron chi connectivity index (χ3n) is 10.6. The Bertz CT molecular complexity index is 1110. The van der Waals surface area contributed by atoms with E-state index in [2.05, 4.69) is 142 Å². The average Bonchev–Trinajstić information content (AvgIpc) is 3.18. The molecule has 3 aliphatic rings. The van der Waals surface area contributed by atoms with Gasteiger partial charge in [0, 0.05) is 67.1 Å². The van der Waals surface area contributed by atoms with Gasteiger partial charge in [0.2, 0.25) is 7.44 Å². The standard InChI is InChI=1S/C35H55N4OP/c1-32(2)22-30(23-33(3,4)38(32)26-28-16-12-10-13-17-28)36-20-21-37(41(36,9)40)31-24-34(5,6)39(35(7,8)25-31)27-29-18-14-11-15-19-29/h10-19,30-31H,20-27H2,1-9H3. The smallest absolute Gasteiger partial charge is 0.214 e. The van der Waals surface area contributed by atoms with Crippen LogP contribution >= 0.6 is 7.44 Å². The van der Waals surface area contributed by atoms with Crippen molar-refractivity contribution in [1.29, 1.82) is 0 Å². The Labute approximate surface area is 250 Å². The van der Waals surface area contributed by atoms with Gasteiger partial charge in [-0.3, -0.25) is 14.4 Å². The van der Waals surface area contributed by atoms with E-state index in [9.17, 15) is 4.57 Å². The summed E-state index contributed by atoms with van der Waals surface area (Å²) in [6.45, 7) is 25.0. The van der Waals surface area contributed by atoms with Gasteiger partial charge in [-0.1, -0.05) is 60.7 Å². The summed E-state index contributed by atoms with van der Waals surface area (Å²) in [4.78, 5) is 5.38. The molecule has 0 N–H and O–H groups in total. The third kappa shape index (κ3) is 6.13. The summed E-state index contributed by atoms with van der Waals surface area (Å²) in [5, 5.41) is 0. The summed E-state index contributed by atoms with van der Waals surface area (Å²) in [5.41, 5.74) is 2.80. The lowest BCUT2D eigenvalue weighted by atomic mass is 9.76. The van der Waals surface area contributed by atoms with Crippen molar-refractivity contribution >= 4 is 7.44 Å². The maximum absolute atomic E-state index is 14.9. The second-order valence-electron chi connectivity index (χ2n) is 15.7. The number of benzene rings is 2. The van der Waals surface area contributed by atoms with Crippen LogP contribution in [0.5, 0.6) is 0 Å². The van der Waals surface area contributed by atoms with E-state index in [4.69, 9.17) is 0 Å². The van der Waals surface area contributed by atoms with E-state index in [1.165, 1.54) is 11.1 Å². The van der Waals surface area contributed by atoms with E-state index in [-0.39, 0.29) is 22.2 Å². The van der Waals surface area contributed by atoms with Crippen LogP contribution in [-0.2, 0) is 17.7 Å². The van der Waals surface area contributed by atoms with Gasteiger partial charge in [-0.25, -0.2) is 9.34 Å². The van der Waals surface area contributed by atoms with Crippen molar-refractivity contribution in [2.75, 3.05) is 19.8 Å². The maximum Gasteiger partial charge on any atom is 0.214 e. The van der Waals surface area contributed by atoms with Crippen LogP contribution in [0.2, 0.25) is 0 Å². The highest BCUT2D eigenvalue weighted by atomic mass is 31.2. The van der Waals surface area contributed by atoms with Crippen molar-refractivity contribution in [3.63, 3.8) is 0 Å². The van der Waals surface area contributed by atoms with Crippen molar-refractivity contribution in [3.05, 3.63) is 71.8 Å². The lowest BCUT2D eigenvalue weighted by Crippen LogP contribution is -2.63. The fourth-order valence-electron chi connectivity index (χ4n) is 9.03. The molecule has 3 saturated heterocycles. The highest BCUT2D eigenvalue weighted by Crippen LogP contribution is 2.60. The largest absolute Gasteiger partial charge is 0.289 e. The summed E-state index contributed by atoms with van der Waals surface area (Å²) in [5.74, 6) is 0. The minimum absolute atomic E-state index is 0.0163. The number of hydrogen-bond donors (Lipinski definition) is 0. The molecule has 0 aliphatic carbocycles. The molecule has 0 amide bonds. The van der Waals surface area contributed by atoms with Crippen molar-refractivity contribution in [1.82, 2.24) is 19.1 Å². The Balaban J connectivity index is 1.32. The molecular formula is C35H55N4OP. The van der Waals surface area contributed by atoms with Gasteiger partial charge < -0.3 is 0 Å². The van der Waals surface area contributed by atoms with Crippen LogP contribution in [0.15, 0.2) is 60.7 Å². The van der Waals surface area contributed by atoms with Gasteiger partial charge in [0.25, 0.3) is 0 Å². The normalized spacial score (nSPS) is 27.2. The van der Waals surface area contributed by atoms with Crippen LogP contribution < -0.4 is 0 Å². The monoisotopic (exact) mass is 578 g/mol. The van der Waals surface area contributed by atoms with E-state index in [0.717, 1.165) is 51.9 Å². The summed E-state index contributed by atoms with van der Waals surface area (Å²) < 4.78 is 19.8. The van der Waals surface area contributed by atoms with E-state index in [1.807, 2.05) is 0 Å². The first-order chi connectivity index (χ1) is 19.0. The van der Waals surface area contributed by atoms with Gasteiger partial charge in [0.05, 0.1) is 0 Å². The molecule has 3 heterocycles. The summed E-state index contributed by atoms with van der Waals surface area (Å²) in [6, 6.07) is 22.4. The Kier molecular flexibility index (Phi) is 8.23. The van der Waals surface area contributed by atoms with E-state index >= 15 is 0 Å². The molecule has 5 nitrogen and oxygen atoms in total. The fourth-order valence-corrected chi connectivity index (χ4v) is 11.8. The Morgan fingerprint density at radius 3 is 1.17 bits per heavy atom. The summed E-state index contributed by atoms with van der Waals surface area (Å²) in [6.07, 6.45) is 4.17. The van der Waals surface area contributed by atoms with E-state index < -0.39 is 7.44 Å². The van der Waals surface area contributed by atoms with Gasteiger partial charge in [-0.05, 0) is 92.2 Å². The highest BCUT2D eigenvalue weighted by Gasteiger charge is 2.55. The first kappa shape index (κ1) is 31.0. The van der Waals surface area contributed by atoms with Gasteiger partial charge >= 0.3 is 0 Å². The molecule has 2 aromatic rings. The second kappa shape index (κ2) is 10.9. The molecule has 226 valence electrons. The Morgan fingerprint density at radius 1 is 0.585 bits per heavy atom. The van der Waals surface area contributed by atoms with Crippen LogP contribution in [0, 0.1) is 0 Å². The zero-order valence-corrected chi connectivity index (χ0v) is 28.1. The van der Waals surface area contributed by atoms with Crippen LogP contribution in [0.1, 0.15) is 92.2 Å².